The second kappa shape index (κ2) is 5.72. The largest absolute Gasteiger partial charge is 0.354 e. The molecule has 2 rings (SSSR count). The monoisotopic (exact) mass is 252 g/mol. The number of amides is 2. The Bertz CT molecular complexity index is 318. The molecule has 0 radical (unpaired) electrons. The number of hydrogen-bond donors (Lipinski definition) is 2. The summed E-state index contributed by atoms with van der Waals surface area (Å²) in [5, 5.41) is 5.95. The predicted octanol–water partition coefficient (Wildman–Crippen LogP) is 1.74. The van der Waals surface area contributed by atoms with Crippen molar-refractivity contribution in [3.05, 3.63) is 0 Å². The number of carbonyl (C=O) groups excluding carboxylic acids is 2. The van der Waals surface area contributed by atoms with Crippen LogP contribution in [0.25, 0.3) is 0 Å². The van der Waals surface area contributed by atoms with E-state index in [-0.39, 0.29) is 11.8 Å². The standard InChI is InChI=1S/C14H24N2O2/c1-11(17)16-14(8-3-2-4-9-14)13(18)15-10-12-6-5-7-12/h12H,2-10H2,1H3,(H,15,18)(H,16,17). The quantitative estimate of drug-likeness (QED) is 0.800. The van der Waals surface area contributed by atoms with Gasteiger partial charge in [0.15, 0.2) is 0 Å². The first kappa shape index (κ1) is 13.4. The molecule has 0 aromatic rings. The molecule has 0 aromatic carbocycles. The van der Waals surface area contributed by atoms with Crippen molar-refractivity contribution in [1.82, 2.24) is 10.6 Å². The van der Waals surface area contributed by atoms with E-state index in [2.05, 4.69) is 10.6 Å². The molecule has 0 saturated heterocycles. The normalized spacial score (nSPS) is 22.9. The summed E-state index contributed by atoms with van der Waals surface area (Å²) in [5.41, 5.74) is -0.631. The molecular formula is C14H24N2O2. The fourth-order valence-electron chi connectivity index (χ4n) is 3.00. The van der Waals surface area contributed by atoms with Gasteiger partial charge < -0.3 is 10.6 Å². The lowest BCUT2D eigenvalue weighted by molar-refractivity contribution is -0.134. The Morgan fingerprint density at radius 2 is 1.78 bits per heavy atom. The molecule has 0 spiro atoms. The molecule has 2 saturated carbocycles. The minimum absolute atomic E-state index is 0.0318. The summed E-state index contributed by atoms with van der Waals surface area (Å²) in [4.78, 5) is 23.7. The molecular weight excluding hydrogens is 228 g/mol. The van der Waals surface area contributed by atoms with Crippen molar-refractivity contribution in [3.8, 4) is 0 Å². The highest BCUT2D eigenvalue weighted by Gasteiger charge is 2.40. The molecule has 0 heterocycles. The molecule has 102 valence electrons. The van der Waals surface area contributed by atoms with Gasteiger partial charge >= 0.3 is 0 Å². The van der Waals surface area contributed by atoms with Crippen molar-refractivity contribution in [2.45, 2.75) is 63.8 Å². The molecule has 18 heavy (non-hydrogen) atoms. The van der Waals surface area contributed by atoms with Gasteiger partial charge in [0.1, 0.15) is 5.54 Å². The molecule has 4 heteroatoms. The lowest BCUT2D eigenvalue weighted by atomic mass is 9.80. The summed E-state index contributed by atoms with van der Waals surface area (Å²) in [7, 11) is 0. The van der Waals surface area contributed by atoms with E-state index in [1.807, 2.05) is 0 Å². The topological polar surface area (TPSA) is 58.2 Å². The lowest BCUT2D eigenvalue weighted by Crippen LogP contribution is -2.59. The zero-order chi connectivity index (χ0) is 13.0. The van der Waals surface area contributed by atoms with Crippen molar-refractivity contribution in [1.29, 1.82) is 0 Å². The molecule has 0 unspecified atom stereocenters. The zero-order valence-corrected chi connectivity index (χ0v) is 11.3. The van der Waals surface area contributed by atoms with E-state index in [0.29, 0.717) is 5.92 Å². The van der Waals surface area contributed by atoms with Gasteiger partial charge in [0.25, 0.3) is 0 Å². The molecule has 2 amide bonds. The van der Waals surface area contributed by atoms with Gasteiger partial charge in [-0.05, 0) is 31.6 Å². The van der Waals surface area contributed by atoms with Gasteiger partial charge in [0.2, 0.25) is 11.8 Å². The van der Waals surface area contributed by atoms with Crippen LogP contribution >= 0.6 is 0 Å². The Morgan fingerprint density at radius 1 is 1.11 bits per heavy atom. The number of carbonyl (C=O) groups is 2. The maximum atomic E-state index is 12.4. The average molecular weight is 252 g/mol. The van der Waals surface area contributed by atoms with Crippen LogP contribution in [0.15, 0.2) is 0 Å². The average Bonchev–Trinajstić information content (AvgIpc) is 2.27. The van der Waals surface area contributed by atoms with E-state index in [0.717, 1.165) is 38.6 Å². The molecule has 0 aliphatic heterocycles. The summed E-state index contributed by atoms with van der Waals surface area (Å²) in [6.45, 7) is 2.27. The second-order valence-corrected chi connectivity index (χ2v) is 5.83. The summed E-state index contributed by atoms with van der Waals surface area (Å²) >= 11 is 0. The molecule has 2 aliphatic rings. The molecule has 0 bridgehead atoms. The van der Waals surface area contributed by atoms with Crippen molar-refractivity contribution >= 4 is 11.8 Å². The zero-order valence-electron chi connectivity index (χ0n) is 11.3. The fraction of sp³-hybridized carbons (Fsp3) is 0.857. The van der Waals surface area contributed by atoms with Gasteiger partial charge in [0, 0.05) is 13.5 Å². The second-order valence-electron chi connectivity index (χ2n) is 5.83. The minimum Gasteiger partial charge on any atom is -0.354 e. The van der Waals surface area contributed by atoms with Crippen LogP contribution in [0.3, 0.4) is 0 Å². The first-order valence-corrected chi connectivity index (χ1v) is 7.19. The molecule has 2 fully saturated rings. The lowest BCUT2D eigenvalue weighted by Gasteiger charge is -2.37. The SMILES string of the molecule is CC(=O)NC1(C(=O)NCC2CCC2)CCCCC1. The van der Waals surface area contributed by atoms with E-state index < -0.39 is 5.54 Å². The Balaban J connectivity index is 1.93. The Kier molecular flexibility index (Phi) is 4.25. The molecule has 2 aliphatic carbocycles. The van der Waals surface area contributed by atoms with Crippen molar-refractivity contribution in [2.75, 3.05) is 6.54 Å². The van der Waals surface area contributed by atoms with Gasteiger partial charge in [-0.25, -0.2) is 0 Å². The van der Waals surface area contributed by atoms with E-state index in [4.69, 9.17) is 0 Å². The van der Waals surface area contributed by atoms with Gasteiger partial charge in [-0.1, -0.05) is 25.7 Å². The molecule has 4 nitrogen and oxygen atoms in total. The molecule has 2 N–H and O–H groups in total. The van der Waals surface area contributed by atoms with Crippen LogP contribution in [0.2, 0.25) is 0 Å². The van der Waals surface area contributed by atoms with Crippen LogP contribution in [0.5, 0.6) is 0 Å². The number of hydrogen-bond acceptors (Lipinski definition) is 2. The maximum Gasteiger partial charge on any atom is 0.245 e. The Hall–Kier alpha value is -1.06. The van der Waals surface area contributed by atoms with Crippen LogP contribution in [0, 0.1) is 5.92 Å². The van der Waals surface area contributed by atoms with E-state index in [9.17, 15) is 9.59 Å². The minimum atomic E-state index is -0.631. The van der Waals surface area contributed by atoms with Crippen LogP contribution in [0.4, 0.5) is 0 Å². The Labute approximate surface area is 109 Å². The van der Waals surface area contributed by atoms with Gasteiger partial charge in [-0.2, -0.15) is 0 Å². The predicted molar refractivity (Wildman–Crippen MR) is 70.0 cm³/mol. The van der Waals surface area contributed by atoms with Crippen LogP contribution in [0.1, 0.15) is 58.3 Å². The molecule has 0 aromatic heterocycles. The van der Waals surface area contributed by atoms with Crippen molar-refractivity contribution in [3.63, 3.8) is 0 Å². The van der Waals surface area contributed by atoms with E-state index >= 15 is 0 Å². The summed E-state index contributed by atoms with van der Waals surface area (Å²) < 4.78 is 0. The molecule has 0 atom stereocenters. The Morgan fingerprint density at radius 3 is 2.28 bits per heavy atom. The highest BCUT2D eigenvalue weighted by Crippen LogP contribution is 2.29. The van der Waals surface area contributed by atoms with E-state index in [1.165, 1.54) is 26.2 Å². The third-order valence-electron chi connectivity index (χ3n) is 4.33. The van der Waals surface area contributed by atoms with Gasteiger partial charge in [-0.15, -0.1) is 0 Å². The summed E-state index contributed by atoms with van der Waals surface area (Å²) in [5.74, 6) is 0.590. The fourth-order valence-corrected chi connectivity index (χ4v) is 3.00. The maximum absolute atomic E-state index is 12.4. The number of nitrogens with one attached hydrogen (secondary N) is 2. The highest BCUT2D eigenvalue weighted by atomic mass is 16.2. The third kappa shape index (κ3) is 3.03. The van der Waals surface area contributed by atoms with Crippen LogP contribution in [-0.2, 0) is 9.59 Å². The van der Waals surface area contributed by atoms with Crippen LogP contribution in [-0.4, -0.2) is 23.9 Å². The first-order valence-electron chi connectivity index (χ1n) is 7.19. The van der Waals surface area contributed by atoms with Gasteiger partial charge in [0.05, 0.1) is 0 Å². The third-order valence-corrected chi connectivity index (χ3v) is 4.33. The summed E-state index contributed by atoms with van der Waals surface area (Å²) in [6.07, 6.45) is 8.52. The van der Waals surface area contributed by atoms with Crippen molar-refractivity contribution < 1.29 is 9.59 Å². The smallest absolute Gasteiger partial charge is 0.245 e. The van der Waals surface area contributed by atoms with Crippen LogP contribution < -0.4 is 10.6 Å². The number of rotatable bonds is 4. The first-order chi connectivity index (χ1) is 8.62. The van der Waals surface area contributed by atoms with Gasteiger partial charge in [-0.3, -0.25) is 9.59 Å². The highest BCUT2D eigenvalue weighted by molar-refractivity contribution is 5.91. The van der Waals surface area contributed by atoms with Crippen molar-refractivity contribution in [2.24, 2.45) is 5.92 Å². The summed E-state index contributed by atoms with van der Waals surface area (Å²) in [6, 6.07) is 0. The van der Waals surface area contributed by atoms with E-state index in [1.54, 1.807) is 0 Å².